The summed E-state index contributed by atoms with van der Waals surface area (Å²) in [4.78, 5) is 14.4. The highest BCUT2D eigenvalue weighted by molar-refractivity contribution is 5.86. The van der Waals surface area contributed by atoms with Gasteiger partial charge in [-0.25, -0.2) is 0 Å². The molecule has 7 nitrogen and oxygen atoms in total. The smallest absolute Gasteiger partial charge is 0.217 e. The first-order chi connectivity index (χ1) is 14.4. The number of hydrogen-bond acceptors (Lipinski definition) is 4. The number of amides is 1. The van der Waals surface area contributed by atoms with E-state index in [4.69, 9.17) is 4.74 Å². The van der Waals surface area contributed by atoms with E-state index in [9.17, 15) is 4.79 Å². The number of hydrogen-bond donors (Lipinski definition) is 1. The number of aromatic nitrogens is 3. The summed E-state index contributed by atoms with van der Waals surface area (Å²) in [6.07, 6.45) is 4.34. The zero-order valence-corrected chi connectivity index (χ0v) is 18.5. The van der Waals surface area contributed by atoms with Crippen LogP contribution in [0.5, 0.6) is 5.75 Å². The summed E-state index contributed by atoms with van der Waals surface area (Å²) in [6, 6.07) is 6.27. The Hall–Kier alpha value is -2.80. The zero-order valence-electron chi connectivity index (χ0n) is 18.5. The second-order valence-electron chi connectivity index (χ2n) is 8.28. The second kappa shape index (κ2) is 8.14. The molecule has 0 spiro atoms. The van der Waals surface area contributed by atoms with Gasteiger partial charge in [0.2, 0.25) is 5.91 Å². The monoisotopic (exact) mass is 409 g/mol. The maximum Gasteiger partial charge on any atom is 0.217 e. The molecule has 1 aliphatic rings. The normalized spacial score (nSPS) is 19.5. The van der Waals surface area contributed by atoms with Gasteiger partial charge >= 0.3 is 0 Å². The van der Waals surface area contributed by atoms with Crippen molar-refractivity contribution >= 4 is 16.8 Å². The van der Waals surface area contributed by atoms with Crippen molar-refractivity contribution in [2.24, 2.45) is 7.05 Å². The number of likely N-dealkylation sites (tertiary alicyclic amines) is 1. The van der Waals surface area contributed by atoms with Crippen molar-refractivity contribution in [3.05, 3.63) is 47.4 Å². The van der Waals surface area contributed by atoms with E-state index in [2.05, 4.69) is 65.3 Å². The van der Waals surface area contributed by atoms with Gasteiger partial charge in [0.1, 0.15) is 5.75 Å². The summed E-state index contributed by atoms with van der Waals surface area (Å²) in [5.41, 5.74) is 4.75. The standard InChI is InChI=1S/C23H31N5O2/c1-6-28-11-17(15(2)25-28)10-27-13-21(22(14-27)24-16(3)29)20-12-26(4)23-8-7-18(30-5)9-19(20)23/h7-9,11-12,21-22H,6,10,13-14H2,1-5H3,(H,24,29)/t21-,22+/m1/s1. The number of nitrogens with one attached hydrogen (secondary N) is 1. The average molecular weight is 410 g/mol. The van der Waals surface area contributed by atoms with Crippen molar-refractivity contribution in [1.29, 1.82) is 0 Å². The van der Waals surface area contributed by atoms with Crippen molar-refractivity contribution in [3.8, 4) is 5.75 Å². The van der Waals surface area contributed by atoms with Gasteiger partial charge in [-0.05, 0) is 37.6 Å². The fourth-order valence-corrected chi connectivity index (χ4v) is 4.68. The van der Waals surface area contributed by atoms with Crippen LogP contribution in [0.4, 0.5) is 0 Å². The Labute approximate surface area is 177 Å². The van der Waals surface area contributed by atoms with Crippen molar-refractivity contribution in [2.45, 2.75) is 45.8 Å². The predicted octanol–water partition coefficient (Wildman–Crippen LogP) is 2.82. The van der Waals surface area contributed by atoms with Gasteiger partial charge in [-0.15, -0.1) is 0 Å². The number of ether oxygens (including phenoxy) is 1. The van der Waals surface area contributed by atoms with Gasteiger partial charge in [-0.3, -0.25) is 14.4 Å². The molecule has 2 atom stereocenters. The minimum atomic E-state index is 0.0136. The number of fused-ring (bicyclic) bond motifs is 1. The van der Waals surface area contributed by atoms with Crippen molar-refractivity contribution < 1.29 is 9.53 Å². The van der Waals surface area contributed by atoms with E-state index in [0.717, 1.165) is 37.6 Å². The van der Waals surface area contributed by atoms with Gasteiger partial charge in [0.25, 0.3) is 0 Å². The minimum absolute atomic E-state index is 0.0136. The van der Waals surface area contributed by atoms with E-state index in [1.807, 2.05) is 10.7 Å². The third kappa shape index (κ3) is 3.81. The van der Waals surface area contributed by atoms with Crippen LogP contribution >= 0.6 is 0 Å². The molecular formula is C23H31N5O2. The van der Waals surface area contributed by atoms with Crippen LogP contribution in [0.3, 0.4) is 0 Å². The summed E-state index contributed by atoms with van der Waals surface area (Å²) in [6.45, 7) is 9.18. The maximum atomic E-state index is 11.9. The molecule has 30 heavy (non-hydrogen) atoms. The van der Waals surface area contributed by atoms with Gasteiger partial charge in [-0.1, -0.05) is 0 Å². The quantitative estimate of drug-likeness (QED) is 0.680. The first-order valence-corrected chi connectivity index (χ1v) is 10.5. The summed E-state index contributed by atoms with van der Waals surface area (Å²) in [7, 11) is 3.76. The maximum absolute atomic E-state index is 11.9. The lowest BCUT2D eigenvalue weighted by molar-refractivity contribution is -0.119. The van der Waals surface area contributed by atoms with E-state index in [1.54, 1.807) is 14.0 Å². The molecule has 0 saturated carbocycles. The van der Waals surface area contributed by atoms with Crippen LogP contribution in [0.1, 0.15) is 36.6 Å². The molecule has 0 unspecified atom stereocenters. The van der Waals surface area contributed by atoms with Crippen molar-refractivity contribution in [3.63, 3.8) is 0 Å². The molecule has 1 N–H and O–H groups in total. The number of aryl methyl sites for hydroxylation is 3. The number of benzene rings is 1. The molecule has 160 valence electrons. The highest BCUT2D eigenvalue weighted by atomic mass is 16.5. The highest BCUT2D eigenvalue weighted by Gasteiger charge is 2.36. The molecule has 1 aromatic carbocycles. The van der Waals surface area contributed by atoms with E-state index < -0.39 is 0 Å². The largest absolute Gasteiger partial charge is 0.497 e. The summed E-state index contributed by atoms with van der Waals surface area (Å²) in [5.74, 6) is 1.08. The first-order valence-electron chi connectivity index (χ1n) is 10.5. The van der Waals surface area contributed by atoms with Crippen LogP contribution in [0.2, 0.25) is 0 Å². The van der Waals surface area contributed by atoms with E-state index in [0.29, 0.717) is 0 Å². The Balaban J connectivity index is 1.66. The van der Waals surface area contributed by atoms with Gasteiger partial charge < -0.3 is 14.6 Å². The molecule has 0 aliphatic carbocycles. The second-order valence-corrected chi connectivity index (χ2v) is 8.28. The molecule has 7 heteroatoms. The van der Waals surface area contributed by atoms with Gasteiger partial charge in [-0.2, -0.15) is 5.10 Å². The van der Waals surface area contributed by atoms with Crippen LogP contribution in [-0.4, -0.2) is 51.4 Å². The molecule has 0 bridgehead atoms. The average Bonchev–Trinajstić information content (AvgIpc) is 3.37. The van der Waals surface area contributed by atoms with E-state index >= 15 is 0 Å². The van der Waals surface area contributed by atoms with Gasteiger partial charge in [0.15, 0.2) is 0 Å². The number of methoxy groups -OCH3 is 1. The fraction of sp³-hybridized carbons (Fsp3) is 0.478. The van der Waals surface area contributed by atoms with Crippen LogP contribution in [0.15, 0.2) is 30.6 Å². The van der Waals surface area contributed by atoms with Crippen molar-refractivity contribution in [2.75, 3.05) is 20.2 Å². The van der Waals surface area contributed by atoms with Crippen LogP contribution < -0.4 is 10.1 Å². The van der Waals surface area contributed by atoms with Crippen molar-refractivity contribution in [1.82, 2.24) is 24.6 Å². The third-order valence-corrected chi connectivity index (χ3v) is 6.18. The molecule has 1 amide bonds. The zero-order chi connectivity index (χ0) is 21.4. The lowest BCUT2D eigenvalue weighted by Crippen LogP contribution is -2.38. The topological polar surface area (TPSA) is 64.3 Å². The predicted molar refractivity (Wildman–Crippen MR) is 118 cm³/mol. The molecule has 3 heterocycles. The molecule has 1 saturated heterocycles. The molecule has 1 fully saturated rings. The third-order valence-electron chi connectivity index (χ3n) is 6.18. The summed E-state index contributed by atoms with van der Waals surface area (Å²) < 4.78 is 9.61. The Bertz CT molecular complexity index is 1070. The Kier molecular flexibility index (Phi) is 5.56. The number of rotatable bonds is 6. The molecule has 2 aromatic heterocycles. The van der Waals surface area contributed by atoms with Crippen LogP contribution in [-0.2, 0) is 24.9 Å². The summed E-state index contributed by atoms with van der Waals surface area (Å²) >= 11 is 0. The molecule has 1 aliphatic heterocycles. The van der Waals surface area contributed by atoms with E-state index in [-0.39, 0.29) is 17.9 Å². The SMILES string of the molecule is CCn1cc(CN2C[C@H](NC(C)=O)[C@@H](c3cn(C)c4ccc(OC)cc34)C2)c(C)n1. The molecule has 0 radical (unpaired) electrons. The van der Waals surface area contributed by atoms with E-state index in [1.165, 1.54) is 22.0 Å². The molecular weight excluding hydrogens is 378 g/mol. The van der Waals surface area contributed by atoms with Gasteiger partial charge in [0.05, 0.1) is 12.8 Å². The fourth-order valence-electron chi connectivity index (χ4n) is 4.68. The molecule has 4 rings (SSSR count). The first kappa shape index (κ1) is 20.5. The minimum Gasteiger partial charge on any atom is -0.497 e. The van der Waals surface area contributed by atoms with Gasteiger partial charge in [0, 0.05) is 81.0 Å². The number of carbonyl (C=O) groups excluding carboxylic acids is 1. The Morgan fingerprint density at radius 1 is 1.30 bits per heavy atom. The Morgan fingerprint density at radius 3 is 2.77 bits per heavy atom. The highest BCUT2D eigenvalue weighted by Crippen LogP contribution is 2.36. The lowest BCUT2D eigenvalue weighted by atomic mass is 9.93. The number of carbonyl (C=O) groups is 1. The number of nitrogens with zero attached hydrogens (tertiary/aromatic N) is 4. The lowest BCUT2D eigenvalue weighted by Gasteiger charge is -2.19. The van der Waals surface area contributed by atoms with Crippen LogP contribution in [0.25, 0.3) is 10.9 Å². The summed E-state index contributed by atoms with van der Waals surface area (Å²) in [5, 5.41) is 8.97. The van der Waals surface area contributed by atoms with Crippen LogP contribution in [0, 0.1) is 6.92 Å². The Morgan fingerprint density at radius 2 is 2.10 bits per heavy atom. The molecule has 3 aromatic rings.